The highest BCUT2D eigenvalue weighted by atomic mass is 32.2. The van der Waals surface area contributed by atoms with E-state index in [4.69, 9.17) is 5.11 Å². The first-order valence-electron chi connectivity index (χ1n) is 4.99. The molecule has 6 heteroatoms. The van der Waals surface area contributed by atoms with Gasteiger partial charge in [-0.05, 0) is 17.2 Å². The largest absolute Gasteiger partial charge is 0.395 e. The Morgan fingerprint density at radius 1 is 1.62 bits per heavy atom. The Morgan fingerprint density at radius 3 is 3.12 bits per heavy atom. The molecule has 2 heterocycles. The highest BCUT2D eigenvalue weighted by Gasteiger charge is 2.11. The van der Waals surface area contributed by atoms with Gasteiger partial charge in [0.15, 0.2) is 5.16 Å². The van der Waals surface area contributed by atoms with Crippen LogP contribution in [-0.4, -0.2) is 27.0 Å². The highest BCUT2D eigenvalue weighted by molar-refractivity contribution is 7.99. The maximum absolute atomic E-state index is 12.1. The van der Waals surface area contributed by atoms with Crippen molar-refractivity contribution in [2.75, 3.05) is 12.4 Å². The molecule has 16 heavy (non-hydrogen) atoms. The molecule has 0 bridgehead atoms. The van der Waals surface area contributed by atoms with Crippen LogP contribution >= 0.6 is 23.1 Å². The average molecular weight is 256 g/mol. The molecule has 4 nitrogen and oxygen atoms in total. The molecule has 0 radical (unpaired) electrons. The molecule has 0 saturated heterocycles. The standard InChI is InChI=1S/C10H12N2O2S2/c1-2-15-10-11-7-3-6-16-8(7)9(14)12(10)4-5-13/h3,6,13H,2,4-5H2,1H3. The molecule has 0 spiro atoms. The zero-order valence-electron chi connectivity index (χ0n) is 8.84. The molecule has 2 aromatic heterocycles. The smallest absolute Gasteiger partial charge is 0.272 e. The second-order valence-electron chi connectivity index (χ2n) is 3.14. The van der Waals surface area contributed by atoms with Crippen LogP contribution in [0.4, 0.5) is 0 Å². The third-order valence-corrected chi connectivity index (χ3v) is 3.88. The summed E-state index contributed by atoms with van der Waals surface area (Å²) in [6.45, 7) is 2.27. The third kappa shape index (κ3) is 2.00. The van der Waals surface area contributed by atoms with E-state index in [0.29, 0.717) is 16.4 Å². The lowest BCUT2D eigenvalue weighted by Gasteiger charge is -2.09. The zero-order valence-corrected chi connectivity index (χ0v) is 10.5. The Bertz CT molecular complexity index is 547. The Kier molecular flexibility index (Phi) is 3.63. The predicted octanol–water partition coefficient (Wildman–Crippen LogP) is 1.56. The van der Waals surface area contributed by atoms with E-state index in [0.717, 1.165) is 11.3 Å². The van der Waals surface area contributed by atoms with E-state index in [1.807, 2.05) is 18.4 Å². The van der Waals surface area contributed by atoms with Crippen LogP contribution in [0.25, 0.3) is 10.2 Å². The van der Waals surface area contributed by atoms with Crippen molar-refractivity contribution >= 4 is 33.3 Å². The van der Waals surface area contributed by atoms with E-state index in [-0.39, 0.29) is 12.2 Å². The van der Waals surface area contributed by atoms with Crippen molar-refractivity contribution in [1.82, 2.24) is 9.55 Å². The number of fused-ring (bicyclic) bond motifs is 1. The van der Waals surface area contributed by atoms with Gasteiger partial charge in [-0.15, -0.1) is 11.3 Å². The van der Waals surface area contributed by atoms with E-state index >= 15 is 0 Å². The van der Waals surface area contributed by atoms with E-state index in [1.54, 1.807) is 4.57 Å². The molecule has 1 N–H and O–H groups in total. The van der Waals surface area contributed by atoms with Crippen molar-refractivity contribution in [3.8, 4) is 0 Å². The minimum Gasteiger partial charge on any atom is -0.395 e. The van der Waals surface area contributed by atoms with Crippen molar-refractivity contribution in [1.29, 1.82) is 0 Å². The maximum Gasteiger partial charge on any atom is 0.272 e. The number of aliphatic hydroxyl groups is 1. The normalized spacial score (nSPS) is 11.1. The molecule has 0 unspecified atom stereocenters. The summed E-state index contributed by atoms with van der Waals surface area (Å²) in [6.07, 6.45) is 0. The fourth-order valence-electron chi connectivity index (χ4n) is 1.46. The fourth-order valence-corrected chi connectivity index (χ4v) is 2.99. The molecule has 0 aliphatic rings. The second kappa shape index (κ2) is 4.99. The van der Waals surface area contributed by atoms with Crippen molar-refractivity contribution in [2.45, 2.75) is 18.6 Å². The molecule has 2 aromatic rings. The Labute approximate surface area is 101 Å². The van der Waals surface area contributed by atoms with Crippen molar-refractivity contribution in [2.24, 2.45) is 0 Å². The average Bonchev–Trinajstić information content (AvgIpc) is 2.72. The van der Waals surface area contributed by atoms with Gasteiger partial charge in [0.25, 0.3) is 5.56 Å². The topological polar surface area (TPSA) is 55.1 Å². The summed E-state index contributed by atoms with van der Waals surface area (Å²) >= 11 is 2.91. The van der Waals surface area contributed by atoms with Gasteiger partial charge in [-0.2, -0.15) is 0 Å². The third-order valence-electron chi connectivity index (χ3n) is 2.13. The molecule has 0 aliphatic heterocycles. The number of thiophene rings is 1. The first-order valence-corrected chi connectivity index (χ1v) is 6.86. The molecule has 0 aliphatic carbocycles. The second-order valence-corrected chi connectivity index (χ2v) is 5.29. The molecule has 86 valence electrons. The Hall–Kier alpha value is -0.850. The molecular weight excluding hydrogens is 244 g/mol. The van der Waals surface area contributed by atoms with Gasteiger partial charge in [0.2, 0.25) is 0 Å². The van der Waals surface area contributed by atoms with Crippen molar-refractivity contribution in [3.63, 3.8) is 0 Å². The number of hydrogen-bond donors (Lipinski definition) is 1. The van der Waals surface area contributed by atoms with Crippen LogP contribution in [0.15, 0.2) is 21.4 Å². The predicted molar refractivity (Wildman–Crippen MR) is 67.4 cm³/mol. The number of nitrogens with zero attached hydrogens (tertiary/aromatic N) is 2. The number of aromatic nitrogens is 2. The van der Waals surface area contributed by atoms with Gasteiger partial charge in [0.05, 0.1) is 18.7 Å². The van der Waals surface area contributed by atoms with Crippen LogP contribution in [0.1, 0.15) is 6.92 Å². The van der Waals surface area contributed by atoms with Crippen LogP contribution in [0.2, 0.25) is 0 Å². The molecule has 0 fully saturated rings. The first-order chi connectivity index (χ1) is 7.77. The minimum absolute atomic E-state index is 0.0459. The van der Waals surface area contributed by atoms with Crippen LogP contribution in [0.5, 0.6) is 0 Å². The van der Waals surface area contributed by atoms with Gasteiger partial charge in [-0.1, -0.05) is 18.7 Å². The summed E-state index contributed by atoms with van der Waals surface area (Å²) < 4.78 is 2.21. The van der Waals surface area contributed by atoms with E-state index in [2.05, 4.69) is 4.98 Å². The lowest BCUT2D eigenvalue weighted by atomic mass is 10.4. The quantitative estimate of drug-likeness (QED) is 0.666. The van der Waals surface area contributed by atoms with Gasteiger partial charge in [0.1, 0.15) is 4.70 Å². The summed E-state index contributed by atoms with van der Waals surface area (Å²) in [5.74, 6) is 0.855. The maximum atomic E-state index is 12.1. The van der Waals surface area contributed by atoms with Gasteiger partial charge >= 0.3 is 0 Å². The van der Waals surface area contributed by atoms with Gasteiger partial charge in [-0.3, -0.25) is 9.36 Å². The summed E-state index contributed by atoms with van der Waals surface area (Å²) in [5, 5.41) is 11.5. The van der Waals surface area contributed by atoms with Gasteiger partial charge in [-0.25, -0.2) is 4.98 Å². The minimum atomic E-state index is -0.0509. The first kappa shape index (κ1) is 11.6. The summed E-state index contributed by atoms with van der Waals surface area (Å²) in [7, 11) is 0. The summed E-state index contributed by atoms with van der Waals surface area (Å²) in [4.78, 5) is 16.5. The summed E-state index contributed by atoms with van der Waals surface area (Å²) in [6, 6.07) is 1.85. The molecule has 0 amide bonds. The summed E-state index contributed by atoms with van der Waals surface area (Å²) in [5.41, 5.74) is 0.699. The van der Waals surface area contributed by atoms with Crippen LogP contribution in [-0.2, 0) is 6.54 Å². The monoisotopic (exact) mass is 256 g/mol. The molecular formula is C10H12N2O2S2. The van der Waals surface area contributed by atoms with Crippen molar-refractivity contribution in [3.05, 3.63) is 21.8 Å². The Balaban J connectivity index is 2.65. The fraction of sp³-hybridized carbons (Fsp3) is 0.400. The number of hydrogen-bond acceptors (Lipinski definition) is 5. The molecule has 0 atom stereocenters. The zero-order chi connectivity index (χ0) is 11.5. The van der Waals surface area contributed by atoms with E-state index in [9.17, 15) is 4.79 Å². The highest BCUT2D eigenvalue weighted by Crippen LogP contribution is 2.20. The van der Waals surface area contributed by atoms with Gasteiger partial charge in [0, 0.05) is 0 Å². The molecule has 0 aromatic carbocycles. The van der Waals surface area contributed by atoms with E-state index < -0.39 is 0 Å². The lowest BCUT2D eigenvalue weighted by molar-refractivity contribution is 0.268. The van der Waals surface area contributed by atoms with E-state index in [1.165, 1.54) is 23.1 Å². The number of rotatable bonds is 4. The van der Waals surface area contributed by atoms with Crippen LogP contribution in [0, 0.1) is 0 Å². The van der Waals surface area contributed by atoms with Crippen LogP contribution < -0.4 is 5.56 Å². The Morgan fingerprint density at radius 2 is 2.44 bits per heavy atom. The molecule has 2 rings (SSSR count). The van der Waals surface area contributed by atoms with Gasteiger partial charge < -0.3 is 5.11 Å². The van der Waals surface area contributed by atoms with Crippen molar-refractivity contribution < 1.29 is 5.11 Å². The molecule has 0 saturated carbocycles. The number of aliphatic hydroxyl groups excluding tert-OH is 1. The SMILES string of the molecule is CCSc1nc2ccsc2c(=O)n1CCO. The van der Waals surface area contributed by atoms with Crippen LogP contribution in [0.3, 0.4) is 0 Å². The number of thioether (sulfide) groups is 1. The lowest BCUT2D eigenvalue weighted by Crippen LogP contribution is -2.24.